The van der Waals surface area contributed by atoms with Crippen molar-refractivity contribution in [2.24, 2.45) is 0 Å². The molecule has 0 bridgehead atoms. The van der Waals surface area contributed by atoms with Crippen LogP contribution in [-0.2, 0) is 11.3 Å². The van der Waals surface area contributed by atoms with Crippen LogP contribution in [-0.4, -0.2) is 32.2 Å². The Morgan fingerprint density at radius 2 is 2.35 bits per heavy atom. The molecule has 2 heterocycles. The average molecular weight is 320 g/mol. The molecular formula is C11H14BrNO3S. The molecule has 4 nitrogen and oxygen atoms in total. The lowest BCUT2D eigenvalue weighted by atomic mass is 10.2. The standard InChI is InChI=1S/C11H14BrNO3S/c12-10-3-1-2-8(13-10)7-16-9-4-5-17-11(14,15)6-9/h1-3,9,14-15H,4-7H2. The molecule has 0 saturated carbocycles. The third kappa shape index (κ3) is 4.22. The number of hydrogen-bond acceptors (Lipinski definition) is 5. The first kappa shape index (κ1) is 13.3. The first-order valence-corrected chi connectivity index (χ1v) is 7.15. The van der Waals surface area contributed by atoms with Gasteiger partial charge < -0.3 is 14.9 Å². The fourth-order valence-corrected chi connectivity index (χ4v) is 3.08. The van der Waals surface area contributed by atoms with Crippen LogP contribution < -0.4 is 0 Å². The summed E-state index contributed by atoms with van der Waals surface area (Å²) < 4.78 is 6.42. The van der Waals surface area contributed by atoms with E-state index in [1.165, 1.54) is 0 Å². The highest BCUT2D eigenvalue weighted by molar-refractivity contribution is 9.10. The van der Waals surface area contributed by atoms with Gasteiger partial charge in [0.25, 0.3) is 0 Å². The SMILES string of the molecule is OC1(O)CC(OCc2cccc(Br)n2)CCS1. The smallest absolute Gasteiger partial charge is 0.215 e. The highest BCUT2D eigenvalue weighted by Gasteiger charge is 2.33. The van der Waals surface area contributed by atoms with Crippen LogP contribution in [0.2, 0.25) is 0 Å². The monoisotopic (exact) mass is 319 g/mol. The van der Waals surface area contributed by atoms with Crippen LogP contribution in [0.1, 0.15) is 18.5 Å². The Morgan fingerprint density at radius 3 is 3.06 bits per heavy atom. The van der Waals surface area contributed by atoms with Crippen LogP contribution in [0.4, 0.5) is 0 Å². The first-order valence-electron chi connectivity index (χ1n) is 5.37. The zero-order valence-electron chi connectivity index (χ0n) is 9.17. The summed E-state index contributed by atoms with van der Waals surface area (Å²) in [4.78, 5) is 4.26. The van der Waals surface area contributed by atoms with Crippen LogP contribution in [0.15, 0.2) is 22.8 Å². The highest BCUT2D eigenvalue weighted by Crippen LogP contribution is 2.33. The number of ether oxygens (including phenoxy) is 1. The lowest BCUT2D eigenvalue weighted by molar-refractivity contribution is -0.121. The van der Waals surface area contributed by atoms with Gasteiger partial charge in [0.15, 0.2) is 0 Å². The summed E-state index contributed by atoms with van der Waals surface area (Å²) in [6.45, 7) is 0.394. The second-order valence-electron chi connectivity index (χ2n) is 3.97. The zero-order chi connectivity index (χ0) is 12.3. The molecule has 1 aliphatic heterocycles. The number of halogens is 1. The van der Waals surface area contributed by atoms with E-state index in [1.54, 1.807) is 0 Å². The van der Waals surface area contributed by atoms with E-state index in [4.69, 9.17) is 4.74 Å². The molecule has 17 heavy (non-hydrogen) atoms. The molecule has 0 aromatic carbocycles. The molecule has 6 heteroatoms. The third-order valence-corrected chi connectivity index (χ3v) is 4.02. The maximum absolute atomic E-state index is 9.50. The molecule has 1 aromatic rings. The van der Waals surface area contributed by atoms with Gasteiger partial charge in [-0.2, -0.15) is 0 Å². The molecule has 0 radical (unpaired) electrons. The molecule has 0 aliphatic carbocycles. The van der Waals surface area contributed by atoms with Gasteiger partial charge in [-0.15, -0.1) is 0 Å². The number of rotatable bonds is 3. The van der Waals surface area contributed by atoms with Crippen molar-refractivity contribution in [2.45, 2.75) is 30.7 Å². The second-order valence-corrected chi connectivity index (χ2v) is 6.13. The number of pyridine rings is 1. The van der Waals surface area contributed by atoms with Crippen molar-refractivity contribution in [2.75, 3.05) is 5.75 Å². The third-order valence-electron chi connectivity index (χ3n) is 2.51. The van der Waals surface area contributed by atoms with Crippen molar-refractivity contribution >= 4 is 27.7 Å². The van der Waals surface area contributed by atoms with Crippen molar-refractivity contribution in [3.8, 4) is 0 Å². The number of thioether (sulfide) groups is 1. The molecule has 1 aromatic heterocycles. The molecule has 94 valence electrons. The Labute approximate surface area is 113 Å². The molecule has 1 unspecified atom stereocenters. The maximum atomic E-state index is 9.50. The molecule has 2 N–H and O–H groups in total. The number of hydrogen-bond donors (Lipinski definition) is 2. The van der Waals surface area contributed by atoms with E-state index < -0.39 is 5.12 Å². The Hall–Kier alpha value is -0.140. The molecule has 1 aliphatic rings. The molecule has 1 saturated heterocycles. The van der Waals surface area contributed by atoms with Crippen molar-refractivity contribution in [1.29, 1.82) is 0 Å². The summed E-state index contributed by atoms with van der Waals surface area (Å²) in [5.41, 5.74) is 0.832. The van der Waals surface area contributed by atoms with Crippen LogP contribution in [0, 0.1) is 0 Å². The zero-order valence-corrected chi connectivity index (χ0v) is 11.6. The minimum atomic E-state index is -1.65. The fraction of sp³-hybridized carbons (Fsp3) is 0.545. The minimum absolute atomic E-state index is 0.118. The van der Waals surface area contributed by atoms with Gasteiger partial charge in [0.2, 0.25) is 5.12 Å². The summed E-state index contributed by atoms with van der Waals surface area (Å²) in [6, 6.07) is 5.63. The molecule has 0 spiro atoms. The van der Waals surface area contributed by atoms with E-state index >= 15 is 0 Å². The Kier molecular flexibility index (Phi) is 4.43. The van der Waals surface area contributed by atoms with Crippen LogP contribution in [0.5, 0.6) is 0 Å². The minimum Gasteiger partial charge on any atom is -0.372 e. The van der Waals surface area contributed by atoms with Gasteiger partial charge >= 0.3 is 0 Å². The van der Waals surface area contributed by atoms with Crippen LogP contribution in [0.3, 0.4) is 0 Å². The van der Waals surface area contributed by atoms with Crippen molar-refractivity contribution in [3.05, 3.63) is 28.5 Å². The average Bonchev–Trinajstić information content (AvgIpc) is 2.25. The van der Waals surface area contributed by atoms with Gasteiger partial charge in [-0.25, -0.2) is 4.98 Å². The maximum Gasteiger partial charge on any atom is 0.215 e. The molecular weight excluding hydrogens is 306 g/mol. The fourth-order valence-electron chi connectivity index (χ4n) is 1.69. The summed E-state index contributed by atoms with van der Waals surface area (Å²) in [6.07, 6.45) is 0.958. The van der Waals surface area contributed by atoms with Crippen molar-refractivity contribution in [1.82, 2.24) is 4.98 Å². The molecule has 1 fully saturated rings. The lowest BCUT2D eigenvalue weighted by Crippen LogP contribution is -2.35. The number of aliphatic hydroxyl groups is 2. The largest absolute Gasteiger partial charge is 0.372 e. The van der Waals surface area contributed by atoms with E-state index in [0.29, 0.717) is 12.4 Å². The van der Waals surface area contributed by atoms with Gasteiger partial charge in [-0.1, -0.05) is 17.8 Å². The van der Waals surface area contributed by atoms with Crippen molar-refractivity contribution < 1.29 is 14.9 Å². The first-order chi connectivity index (χ1) is 8.05. The number of aromatic nitrogens is 1. The van der Waals surface area contributed by atoms with Crippen LogP contribution >= 0.6 is 27.7 Å². The summed E-state index contributed by atoms with van der Waals surface area (Å²) >= 11 is 4.45. The van der Waals surface area contributed by atoms with Crippen LogP contribution in [0.25, 0.3) is 0 Å². The quantitative estimate of drug-likeness (QED) is 0.658. The van der Waals surface area contributed by atoms with E-state index in [2.05, 4.69) is 20.9 Å². The van der Waals surface area contributed by atoms with E-state index in [1.807, 2.05) is 18.2 Å². The van der Waals surface area contributed by atoms with Gasteiger partial charge in [-0.3, -0.25) is 0 Å². The molecule has 2 rings (SSSR count). The Bertz CT molecular complexity index is 389. The topological polar surface area (TPSA) is 62.6 Å². The highest BCUT2D eigenvalue weighted by atomic mass is 79.9. The second kappa shape index (κ2) is 5.67. The molecule has 1 atom stereocenters. The van der Waals surface area contributed by atoms with Gasteiger partial charge in [0.05, 0.1) is 18.4 Å². The van der Waals surface area contributed by atoms with Crippen molar-refractivity contribution in [3.63, 3.8) is 0 Å². The normalized spacial score (nSPS) is 23.6. The van der Waals surface area contributed by atoms with Gasteiger partial charge in [-0.05, 0) is 34.5 Å². The van der Waals surface area contributed by atoms with E-state index in [9.17, 15) is 10.2 Å². The Balaban J connectivity index is 1.86. The van der Waals surface area contributed by atoms with E-state index in [0.717, 1.165) is 28.5 Å². The predicted octanol–water partition coefficient (Wildman–Crippen LogP) is 1.89. The Morgan fingerprint density at radius 1 is 1.53 bits per heavy atom. The number of nitrogens with zero attached hydrogens (tertiary/aromatic N) is 1. The lowest BCUT2D eigenvalue weighted by Gasteiger charge is -2.31. The van der Waals surface area contributed by atoms with Gasteiger partial charge in [0.1, 0.15) is 4.60 Å². The van der Waals surface area contributed by atoms with E-state index in [-0.39, 0.29) is 12.5 Å². The predicted molar refractivity (Wildman–Crippen MR) is 69.4 cm³/mol. The summed E-state index contributed by atoms with van der Waals surface area (Å²) in [5.74, 6) is 0.698. The summed E-state index contributed by atoms with van der Waals surface area (Å²) in [7, 11) is 0. The van der Waals surface area contributed by atoms with Gasteiger partial charge in [0, 0.05) is 12.2 Å². The summed E-state index contributed by atoms with van der Waals surface area (Å²) in [5, 5.41) is 17.4. The molecule has 0 amide bonds.